The summed E-state index contributed by atoms with van der Waals surface area (Å²) in [6.45, 7) is 13.5. The Morgan fingerprint density at radius 3 is 1.69 bits per heavy atom. The SMILES string of the molecule is CCC(C(=N)C(=O)O)c1ncc(-c2ccc3c(c2)C(C)(C)c2cc(-c4cnc(C(CC)C(=N)C(=O)OC(C)(C)C)[nH]4)ccc2-3)[nH]1. The van der Waals surface area contributed by atoms with E-state index in [2.05, 4.69) is 64.1 Å². The van der Waals surface area contributed by atoms with Crippen LogP contribution < -0.4 is 0 Å². The highest BCUT2D eigenvalue weighted by molar-refractivity contribution is 6.37. The molecule has 5 rings (SSSR count). The molecule has 0 saturated carbocycles. The molecule has 0 amide bonds. The van der Waals surface area contributed by atoms with Crippen LogP contribution in [0.4, 0.5) is 0 Å². The van der Waals surface area contributed by atoms with Gasteiger partial charge in [-0.3, -0.25) is 10.8 Å². The summed E-state index contributed by atoms with van der Waals surface area (Å²) in [6, 6.07) is 12.6. The van der Waals surface area contributed by atoms with Gasteiger partial charge in [-0.25, -0.2) is 19.6 Å². The number of aromatic nitrogens is 4. The number of aliphatic carboxylic acids is 1. The minimum Gasteiger partial charge on any atom is -0.477 e. The maximum atomic E-state index is 12.6. The number of nitrogens with zero attached hydrogens (tertiary/aromatic N) is 2. The van der Waals surface area contributed by atoms with Crippen molar-refractivity contribution in [2.24, 2.45) is 0 Å². The summed E-state index contributed by atoms with van der Waals surface area (Å²) in [7, 11) is 0. The molecule has 10 heteroatoms. The van der Waals surface area contributed by atoms with Gasteiger partial charge in [-0.2, -0.15) is 0 Å². The van der Waals surface area contributed by atoms with Crippen molar-refractivity contribution in [3.63, 3.8) is 0 Å². The van der Waals surface area contributed by atoms with Crippen molar-refractivity contribution in [1.29, 1.82) is 10.8 Å². The Kier molecular flexibility index (Phi) is 8.12. The summed E-state index contributed by atoms with van der Waals surface area (Å²) < 4.78 is 5.43. The topological polar surface area (TPSA) is 169 Å². The van der Waals surface area contributed by atoms with E-state index in [1.165, 1.54) is 5.56 Å². The molecule has 5 N–H and O–H groups in total. The molecule has 2 atom stereocenters. The first-order chi connectivity index (χ1) is 21.2. The molecular formula is C35H40N6O4. The summed E-state index contributed by atoms with van der Waals surface area (Å²) in [5, 5.41) is 25.8. The van der Waals surface area contributed by atoms with E-state index in [4.69, 9.17) is 15.6 Å². The minimum absolute atomic E-state index is 0.121. The average Bonchev–Trinajstić information content (AvgIpc) is 3.71. The van der Waals surface area contributed by atoms with Crippen LogP contribution >= 0.6 is 0 Å². The second kappa shape index (κ2) is 11.6. The van der Waals surface area contributed by atoms with E-state index in [9.17, 15) is 14.7 Å². The summed E-state index contributed by atoms with van der Waals surface area (Å²) in [5.41, 5.74) is 6.59. The number of rotatable bonds is 10. The number of carbonyl (C=O) groups excluding carboxylic acids is 1. The summed E-state index contributed by atoms with van der Waals surface area (Å²) in [6.07, 6.45) is 4.43. The molecule has 4 aromatic rings. The van der Waals surface area contributed by atoms with Crippen molar-refractivity contribution in [3.8, 4) is 33.6 Å². The van der Waals surface area contributed by atoms with Gasteiger partial charge < -0.3 is 19.8 Å². The lowest BCUT2D eigenvalue weighted by molar-refractivity contribution is -0.146. The van der Waals surface area contributed by atoms with Crippen LogP contribution in [0.3, 0.4) is 0 Å². The molecule has 0 spiro atoms. The second-order valence-electron chi connectivity index (χ2n) is 13.1. The van der Waals surface area contributed by atoms with Gasteiger partial charge >= 0.3 is 11.9 Å². The van der Waals surface area contributed by atoms with Gasteiger partial charge in [0.25, 0.3) is 0 Å². The van der Waals surface area contributed by atoms with Gasteiger partial charge in [0.05, 0.1) is 35.6 Å². The van der Waals surface area contributed by atoms with Crippen LogP contribution in [-0.2, 0) is 19.7 Å². The molecule has 1 aliphatic rings. The number of carboxylic acid groups (broad SMARTS) is 1. The Hall–Kier alpha value is -4.86. The lowest BCUT2D eigenvalue weighted by Crippen LogP contribution is -2.31. The lowest BCUT2D eigenvalue weighted by Gasteiger charge is -2.22. The summed E-state index contributed by atoms with van der Waals surface area (Å²) in [5.74, 6) is -1.97. The van der Waals surface area contributed by atoms with Gasteiger partial charge in [-0.15, -0.1) is 0 Å². The van der Waals surface area contributed by atoms with Gasteiger partial charge in [0.15, 0.2) is 0 Å². The monoisotopic (exact) mass is 608 g/mol. The fourth-order valence-electron chi connectivity index (χ4n) is 6.09. The molecule has 2 unspecified atom stereocenters. The zero-order chi connectivity index (χ0) is 32.8. The number of imidazole rings is 2. The first-order valence-corrected chi connectivity index (χ1v) is 15.2. The van der Waals surface area contributed by atoms with Crippen LogP contribution in [0.5, 0.6) is 0 Å². The Balaban J connectivity index is 1.42. The summed E-state index contributed by atoms with van der Waals surface area (Å²) in [4.78, 5) is 39.6. The van der Waals surface area contributed by atoms with Crippen molar-refractivity contribution in [2.45, 2.75) is 84.2 Å². The number of nitrogens with one attached hydrogen (secondary N) is 4. The zero-order valence-electron chi connectivity index (χ0n) is 26.8. The molecule has 0 bridgehead atoms. The van der Waals surface area contributed by atoms with Gasteiger partial charge in [0.1, 0.15) is 28.7 Å². The Morgan fingerprint density at radius 1 is 0.844 bits per heavy atom. The number of aromatic amines is 2. The van der Waals surface area contributed by atoms with E-state index in [-0.39, 0.29) is 16.8 Å². The number of carbonyl (C=O) groups is 2. The molecule has 45 heavy (non-hydrogen) atoms. The smallest absolute Gasteiger partial charge is 0.353 e. The van der Waals surface area contributed by atoms with Gasteiger partial charge in [-0.05, 0) is 79.1 Å². The van der Waals surface area contributed by atoms with Crippen molar-refractivity contribution in [2.75, 3.05) is 0 Å². The molecule has 0 fully saturated rings. The second-order valence-corrected chi connectivity index (χ2v) is 13.1. The first kappa shape index (κ1) is 31.6. The molecule has 2 aromatic heterocycles. The lowest BCUT2D eigenvalue weighted by atomic mass is 9.81. The zero-order valence-corrected chi connectivity index (χ0v) is 26.8. The van der Waals surface area contributed by atoms with Gasteiger partial charge in [-0.1, -0.05) is 52.0 Å². The molecule has 1 aliphatic carbocycles. The predicted octanol–water partition coefficient (Wildman–Crippen LogP) is 7.23. The van der Waals surface area contributed by atoms with E-state index in [1.807, 2.05) is 19.9 Å². The van der Waals surface area contributed by atoms with Crippen molar-refractivity contribution >= 4 is 23.4 Å². The number of esters is 1. The van der Waals surface area contributed by atoms with E-state index in [1.54, 1.807) is 33.2 Å². The standard InChI is InChI=1S/C35H40N6O4/c1-8-20(28(36)32(42)43)30-38-16-26(40-30)18-10-12-22-23-13-11-19(15-25(23)35(6,7)24(22)14-18)27-17-39-31(41-27)21(9-2)29(37)33(44)45-34(3,4)5/h10-17,20-21,36-37H,8-9H2,1-7H3,(H,38,40)(H,39,41)(H,42,43). The van der Waals surface area contributed by atoms with Crippen molar-refractivity contribution < 1.29 is 19.4 Å². The van der Waals surface area contributed by atoms with Crippen LogP contribution in [0.1, 0.15) is 95.9 Å². The minimum atomic E-state index is -1.24. The first-order valence-electron chi connectivity index (χ1n) is 15.2. The molecule has 234 valence electrons. The summed E-state index contributed by atoms with van der Waals surface area (Å²) >= 11 is 0. The van der Waals surface area contributed by atoms with E-state index < -0.39 is 29.4 Å². The number of fused-ring (bicyclic) bond motifs is 3. The third-order valence-electron chi connectivity index (χ3n) is 8.51. The highest BCUT2D eigenvalue weighted by Gasteiger charge is 2.36. The normalized spacial score (nSPS) is 14.7. The average molecular weight is 609 g/mol. The number of benzene rings is 2. The number of hydrogen-bond acceptors (Lipinski definition) is 7. The van der Waals surface area contributed by atoms with E-state index in [0.29, 0.717) is 24.5 Å². The van der Waals surface area contributed by atoms with Crippen molar-refractivity contribution in [1.82, 2.24) is 19.9 Å². The molecule has 0 radical (unpaired) electrons. The van der Waals surface area contributed by atoms with E-state index >= 15 is 0 Å². The third kappa shape index (κ3) is 5.84. The fraction of sp³-hybridized carbons (Fsp3) is 0.371. The molecule has 0 saturated heterocycles. The van der Waals surface area contributed by atoms with Crippen LogP contribution in [0.25, 0.3) is 33.6 Å². The Labute approximate surface area is 262 Å². The predicted molar refractivity (Wildman–Crippen MR) is 174 cm³/mol. The molecule has 2 heterocycles. The maximum absolute atomic E-state index is 12.6. The Morgan fingerprint density at radius 2 is 1.29 bits per heavy atom. The van der Waals surface area contributed by atoms with Crippen LogP contribution in [-0.4, -0.2) is 54.0 Å². The number of hydrogen-bond donors (Lipinski definition) is 5. The highest BCUT2D eigenvalue weighted by atomic mass is 16.6. The quantitative estimate of drug-likeness (QED) is 0.0940. The molecule has 2 aromatic carbocycles. The maximum Gasteiger partial charge on any atom is 0.353 e. The number of H-pyrrole nitrogens is 2. The van der Waals surface area contributed by atoms with E-state index in [0.717, 1.165) is 39.2 Å². The van der Waals surface area contributed by atoms with Gasteiger partial charge in [0, 0.05) is 5.41 Å². The number of ether oxygens (including phenoxy) is 1. The third-order valence-corrected chi connectivity index (χ3v) is 8.51. The molecular weight excluding hydrogens is 568 g/mol. The van der Waals surface area contributed by atoms with Gasteiger partial charge in [0.2, 0.25) is 0 Å². The van der Waals surface area contributed by atoms with Crippen molar-refractivity contribution in [3.05, 3.63) is 71.6 Å². The molecule has 0 aliphatic heterocycles. The van der Waals surface area contributed by atoms with Crippen LogP contribution in [0.15, 0.2) is 48.8 Å². The fourth-order valence-corrected chi connectivity index (χ4v) is 6.09. The van der Waals surface area contributed by atoms with Crippen LogP contribution in [0, 0.1) is 10.8 Å². The largest absolute Gasteiger partial charge is 0.477 e. The number of carboxylic acids is 1. The van der Waals surface area contributed by atoms with Crippen LogP contribution in [0.2, 0.25) is 0 Å². The Bertz CT molecular complexity index is 1820. The highest BCUT2D eigenvalue weighted by Crippen LogP contribution is 2.50. The molecule has 10 nitrogen and oxygen atoms in total.